The number of rotatable bonds is 3. The second-order valence-corrected chi connectivity index (χ2v) is 5.95. The fourth-order valence-electron chi connectivity index (χ4n) is 2.63. The van der Waals surface area contributed by atoms with Gasteiger partial charge in [-0.3, -0.25) is 0 Å². The second kappa shape index (κ2) is 6.44. The molecule has 17 heavy (non-hydrogen) atoms. The van der Waals surface area contributed by atoms with Crippen LogP contribution in [0.2, 0.25) is 0 Å². The summed E-state index contributed by atoms with van der Waals surface area (Å²) in [4.78, 5) is 0. The Labute approximate surface area is 113 Å². The van der Waals surface area contributed by atoms with Crippen LogP contribution >= 0.6 is 15.9 Å². The van der Waals surface area contributed by atoms with Gasteiger partial charge in [0.05, 0.1) is 6.10 Å². The molecule has 0 spiro atoms. The summed E-state index contributed by atoms with van der Waals surface area (Å²) in [5.74, 6) is 1.72. The van der Waals surface area contributed by atoms with Crippen molar-refractivity contribution in [2.24, 2.45) is 5.92 Å². The topological polar surface area (TPSA) is 9.23 Å². The van der Waals surface area contributed by atoms with Gasteiger partial charge in [0.1, 0.15) is 5.75 Å². The van der Waals surface area contributed by atoms with E-state index in [1.54, 1.807) is 0 Å². The molecule has 0 radical (unpaired) electrons. The highest BCUT2D eigenvalue weighted by atomic mass is 79.9. The molecule has 1 aromatic rings. The van der Waals surface area contributed by atoms with Crippen molar-refractivity contribution in [3.05, 3.63) is 28.7 Å². The fourth-order valence-corrected chi connectivity index (χ4v) is 3.01. The molecule has 0 saturated heterocycles. The highest BCUT2D eigenvalue weighted by Crippen LogP contribution is 2.28. The van der Waals surface area contributed by atoms with E-state index in [2.05, 4.69) is 22.9 Å². The van der Waals surface area contributed by atoms with Crippen molar-refractivity contribution in [2.45, 2.75) is 51.6 Å². The van der Waals surface area contributed by atoms with E-state index in [1.165, 1.54) is 38.5 Å². The first-order valence-corrected chi connectivity index (χ1v) is 7.47. The van der Waals surface area contributed by atoms with E-state index in [9.17, 15) is 0 Å². The molecule has 0 bridgehead atoms. The van der Waals surface area contributed by atoms with Crippen LogP contribution in [0, 0.1) is 5.92 Å². The van der Waals surface area contributed by atoms with Crippen LogP contribution in [0.25, 0.3) is 0 Å². The maximum absolute atomic E-state index is 6.06. The average Bonchev–Trinajstić information content (AvgIpc) is 2.57. The van der Waals surface area contributed by atoms with Crippen LogP contribution in [0.4, 0.5) is 0 Å². The van der Waals surface area contributed by atoms with Gasteiger partial charge in [-0.1, -0.05) is 47.7 Å². The number of ether oxygens (including phenoxy) is 1. The third-order valence-electron chi connectivity index (χ3n) is 3.68. The molecule has 1 unspecified atom stereocenters. The summed E-state index contributed by atoms with van der Waals surface area (Å²) in [6.45, 7) is 2.22. The molecule has 1 atom stereocenters. The van der Waals surface area contributed by atoms with Crippen molar-refractivity contribution < 1.29 is 4.74 Å². The van der Waals surface area contributed by atoms with Crippen LogP contribution in [-0.2, 0) is 0 Å². The van der Waals surface area contributed by atoms with Crippen molar-refractivity contribution in [3.63, 3.8) is 0 Å². The summed E-state index contributed by atoms with van der Waals surface area (Å²) >= 11 is 3.48. The Morgan fingerprint density at radius 3 is 2.53 bits per heavy atom. The zero-order valence-electron chi connectivity index (χ0n) is 10.5. The van der Waals surface area contributed by atoms with Crippen LogP contribution in [0.1, 0.15) is 45.4 Å². The lowest BCUT2D eigenvalue weighted by molar-refractivity contribution is 0.140. The van der Waals surface area contributed by atoms with Crippen LogP contribution in [0.5, 0.6) is 5.75 Å². The van der Waals surface area contributed by atoms with Crippen LogP contribution in [0.3, 0.4) is 0 Å². The third-order valence-corrected chi connectivity index (χ3v) is 4.17. The van der Waals surface area contributed by atoms with Gasteiger partial charge >= 0.3 is 0 Å². The summed E-state index contributed by atoms with van der Waals surface area (Å²) in [5.41, 5.74) is 0. The van der Waals surface area contributed by atoms with Crippen LogP contribution in [-0.4, -0.2) is 6.10 Å². The lowest BCUT2D eigenvalue weighted by atomic mass is 9.95. The minimum Gasteiger partial charge on any atom is -0.490 e. The maximum atomic E-state index is 6.06. The highest BCUT2D eigenvalue weighted by molar-refractivity contribution is 9.10. The molecular formula is C15H21BrO. The number of halogens is 1. The first-order chi connectivity index (χ1) is 8.25. The monoisotopic (exact) mass is 296 g/mol. The Morgan fingerprint density at radius 2 is 1.88 bits per heavy atom. The predicted molar refractivity (Wildman–Crippen MR) is 75.4 cm³/mol. The molecule has 1 nitrogen and oxygen atoms in total. The van der Waals surface area contributed by atoms with Gasteiger partial charge < -0.3 is 4.74 Å². The van der Waals surface area contributed by atoms with Gasteiger partial charge in [-0.05, 0) is 43.9 Å². The van der Waals surface area contributed by atoms with Gasteiger partial charge in [0.25, 0.3) is 0 Å². The molecule has 2 heteroatoms. The lowest BCUT2D eigenvalue weighted by Gasteiger charge is -2.23. The SMILES string of the molecule is CC(Oc1cccc(Br)c1)C1CCCCCC1. The van der Waals surface area contributed by atoms with Crippen molar-refractivity contribution in [3.8, 4) is 5.75 Å². The smallest absolute Gasteiger partial charge is 0.120 e. The van der Waals surface area contributed by atoms with Crippen molar-refractivity contribution in [1.29, 1.82) is 0 Å². The van der Waals surface area contributed by atoms with E-state index in [4.69, 9.17) is 4.74 Å². The maximum Gasteiger partial charge on any atom is 0.120 e. The summed E-state index contributed by atoms with van der Waals surface area (Å²) in [5, 5.41) is 0. The van der Waals surface area contributed by atoms with E-state index >= 15 is 0 Å². The quantitative estimate of drug-likeness (QED) is 0.698. The molecule has 0 aromatic heterocycles. The van der Waals surface area contributed by atoms with E-state index in [1.807, 2.05) is 24.3 Å². The Bertz CT molecular complexity index is 343. The molecule has 94 valence electrons. The Kier molecular flexibility index (Phi) is 4.90. The zero-order valence-corrected chi connectivity index (χ0v) is 12.1. The molecular weight excluding hydrogens is 276 g/mol. The van der Waals surface area contributed by atoms with Gasteiger partial charge in [0.2, 0.25) is 0 Å². The Morgan fingerprint density at radius 1 is 1.18 bits per heavy atom. The molecule has 0 amide bonds. The van der Waals surface area contributed by atoms with Gasteiger partial charge in [-0.25, -0.2) is 0 Å². The summed E-state index contributed by atoms with van der Waals surface area (Å²) in [7, 11) is 0. The molecule has 2 rings (SSSR count). The Hall–Kier alpha value is -0.500. The minimum atomic E-state index is 0.336. The standard InChI is InChI=1S/C15H21BrO/c1-12(13-7-4-2-3-5-8-13)17-15-10-6-9-14(16)11-15/h6,9-13H,2-5,7-8H2,1H3. The molecule has 1 aliphatic rings. The highest BCUT2D eigenvalue weighted by Gasteiger charge is 2.20. The van der Waals surface area contributed by atoms with Crippen molar-refractivity contribution >= 4 is 15.9 Å². The van der Waals surface area contributed by atoms with E-state index in [0.29, 0.717) is 6.10 Å². The van der Waals surface area contributed by atoms with Gasteiger partial charge in [0, 0.05) is 4.47 Å². The number of hydrogen-bond acceptors (Lipinski definition) is 1. The lowest BCUT2D eigenvalue weighted by Crippen LogP contribution is -2.23. The molecule has 1 fully saturated rings. The molecule has 1 saturated carbocycles. The molecule has 0 heterocycles. The third kappa shape index (κ3) is 4.02. The molecule has 1 aromatic carbocycles. The van der Waals surface area contributed by atoms with Crippen LogP contribution in [0.15, 0.2) is 28.7 Å². The molecule has 1 aliphatic carbocycles. The molecule has 0 aliphatic heterocycles. The summed E-state index contributed by atoms with van der Waals surface area (Å²) in [6, 6.07) is 8.15. The van der Waals surface area contributed by atoms with Crippen molar-refractivity contribution in [2.75, 3.05) is 0 Å². The normalized spacial score (nSPS) is 19.6. The van der Waals surface area contributed by atoms with Gasteiger partial charge in [-0.15, -0.1) is 0 Å². The first kappa shape index (κ1) is 12.9. The largest absolute Gasteiger partial charge is 0.490 e. The van der Waals surface area contributed by atoms with E-state index in [-0.39, 0.29) is 0 Å². The van der Waals surface area contributed by atoms with Crippen LogP contribution < -0.4 is 4.74 Å². The Balaban J connectivity index is 1.93. The van der Waals surface area contributed by atoms with E-state index in [0.717, 1.165) is 16.1 Å². The zero-order chi connectivity index (χ0) is 12.1. The van der Waals surface area contributed by atoms with Gasteiger partial charge in [-0.2, -0.15) is 0 Å². The number of benzene rings is 1. The molecule has 0 N–H and O–H groups in total. The average molecular weight is 297 g/mol. The predicted octanol–water partition coefficient (Wildman–Crippen LogP) is 5.19. The minimum absolute atomic E-state index is 0.336. The van der Waals surface area contributed by atoms with Gasteiger partial charge in [0.15, 0.2) is 0 Å². The first-order valence-electron chi connectivity index (χ1n) is 6.68. The fraction of sp³-hybridized carbons (Fsp3) is 0.600. The van der Waals surface area contributed by atoms with Crippen molar-refractivity contribution in [1.82, 2.24) is 0 Å². The number of hydrogen-bond donors (Lipinski definition) is 0. The van der Waals surface area contributed by atoms with E-state index < -0.39 is 0 Å². The summed E-state index contributed by atoms with van der Waals surface area (Å²) < 4.78 is 7.15. The summed E-state index contributed by atoms with van der Waals surface area (Å²) in [6.07, 6.45) is 8.54. The second-order valence-electron chi connectivity index (χ2n) is 5.03.